The molecular weight excluding hydrogens is 192 g/mol. The summed E-state index contributed by atoms with van der Waals surface area (Å²) >= 11 is 0. The fraction of sp³-hybridized carbons (Fsp3) is 0.600. The Balaban J connectivity index is 2.80. The van der Waals surface area contributed by atoms with Gasteiger partial charge in [-0.25, -0.2) is 4.98 Å². The molecule has 0 fully saturated rings. The van der Waals surface area contributed by atoms with Crippen molar-refractivity contribution in [1.29, 1.82) is 5.26 Å². The Hall–Kier alpha value is -1.54. The zero-order chi connectivity index (χ0) is 11.4. The number of aromatic nitrogens is 1. The molecule has 1 rings (SSSR count). The van der Waals surface area contributed by atoms with Gasteiger partial charge in [-0.15, -0.1) is 0 Å². The second kappa shape index (κ2) is 4.80. The molecule has 0 saturated heterocycles. The van der Waals surface area contributed by atoms with E-state index in [0.717, 1.165) is 13.0 Å². The lowest BCUT2D eigenvalue weighted by atomic mass is 10.4. The average Bonchev–Trinajstić information content (AvgIpc) is 2.57. The SMILES string of the molecule is CN(C)CCc1nc(C#N)c(N(C)C)o1. The molecule has 0 N–H and O–H groups in total. The topological polar surface area (TPSA) is 56.3 Å². The molecule has 0 spiro atoms. The van der Waals surface area contributed by atoms with Gasteiger partial charge in [0.1, 0.15) is 6.07 Å². The maximum absolute atomic E-state index is 8.85. The quantitative estimate of drug-likeness (QED) is 0.729. The average molecular weight is 208 g/mol. The normalized spacial score (nSPS) is 10.4. The number of nitrogens with zero attached hydrogens (tertiary/aromatic N) is 4. The highest BCUT2D eigenvalue weighted by molar-refractivity contribution is 5.46. The monoisotopic (exact) mass is 208 g/mol. The molecule has 0 aliphatic carbocycles. The van der Waals surface area contributed by atoms with Crippen molar-refractivity contribution in [2.75, 3.05) is 39.6 Å². The summed E-state index contributed by atoms with van der Waals surface area (Å²) in [6.07, 6.45) is 0.718. The van der Waals surface area contributed by atoms with Crippen LogP contribution in [0.5, 0.6) is 0 Å². The molecule has 0 amide bonds. The fourth-order valence-electron chi connectivity index (χ4n) is 1.16. The van der Waals surface area contributed by atoms with Gasteiger partial charge in [-0.2, -0.15) is 5.26 Å². The fourth-order valence-corrected chi connectivity index (χ4v) is 1.16. The molecule has 0 aromatic carbocycles. The Kier molecular flexibility index (Phi) is 3.69. The zero-order valence-electron chi connectivity index (χ0n) is 9.61. The first-order valence-corrected chi connectivity index (χ1v) is 4.76. The van der Waals surface area contributed by atoms with Crippen molar-refractivity contribution in [2.45, 2.75) is 6.42 Å². The van der Waals surface area contributed by atoms with E-state index in [1.807, 2.05) is 39.2 Å². The van der Waals surface area contributed by atoms with Crippen LogP contribution in [0.2, 0.25) is 0 Å². The molecule has 1 heterocycles. The molecule has 0 aliphatic heterocycles. The zero-order valence-corrected chi connectivity index (χ0v) is 9.61. The van der Waals surface area contributed by atoms with Crippen molar-refractivity contribution in [3.05, 3.63) is 11.6 Å². The third-order valence-corrected chi connectivity index (χ3v) is 1.94. The van der Waals surface area contributed by atoms with Crippen molar-refractivity contribution in [3.63, 3.8) is 0 Å². The van der Waals surface area contributed by atoms with Crippen LogP contribution in [-0.4, -0.2) is 44.6 Å². The van der Waals surface area contributed by atoms with E-state index in [2.05, 4.69) is 4.98 Å². The predicted octanol–water partition coefficient (Wildman–Crippen LogP) is 0.716. The Morgan fingerprint density at radius 2 is 2.00 bits per heavy atom. The van der Waals surface area contributed by atoms with E-state index in [1.165, 1.54) is 0 Å². The Morgan fingerprint density at radius 1 is 1.33 bits per heavy atom. The molecule has 1 aromatic heterocycles. The number of hydrogen-bond donors (Lipinski definition) is 0. The van der Waals surface area contributed by atoms with Gasteiger partial charge >= 0.3 is 0 Å². The first-order chi connectivity index (χ1) is 7.04. The van der Waals surface area contributed by atoms with Gasteiger partial charge in [0.05, 0.1) is 0 Å². The van der Waals surface area contributed by atoms with Gasteiger partial charge in [0.2, 0.25) is 11.6 Å². The lowest BCUT2D eigenvalue weighted by Gasteiger charge is -2.07. The Labute approximate surface area is 89.9 Å². The van der Waals surface area contributed by atoms with Gasteiger partial charge in [0, 0.05) is 27.1 Å². The third-order valence-electron chi connectivity index (χ3n) is 1.94. The second-order valence-electron chi connectivity index (χ2n) is 3.82. The van der Waals surface area contributed by atoms with Gasteiger partial charge < -0.3 is 14.2 Å². The summed E-state index contributed by atoms with van der Waals surface area (Å²) in [6.45, 7) is 0.859. The molecule has 0 unspecified atom stereocenters. The summed E-state index contributed by atoms with van der Waals surface area (Å²) in [5, 5.41) is 8.85. The van der Waals surface area contributed by atoms with Crippen LogP contribution in [0.1, 0.15) is 11.6 Å². The highest BCUT2D eigenvalue weighted by Gasteiger charge is 2.14. The van der Waals surface area contributed by atoms with Gasteiger partial charge in [0.15, 0.2) is 5.89 Å². The van der Waals surface area contributed by atoms with Crippen LogP contribution in [0.4, 0.5) is 5.88 Å². The molecule has 0 bridgehead atoms. The molecule has 0 atom stereocenters. The molecule has 15 heavy (non-hydrogen) atoms. The summed E-state index contributed by atoms with van der Waals surface area (Å²) < 4.78 is 5.48. The van der Waals surface area contributed by atoms with E-state index in [0.29, 0.717) is 17.5 Å². The summed E-state index contributed by atoms with van der Waals surface area (Å²) in [6, 6.07) is 2.02. The van der Waals surface area contributed by atoms with Crippen LogP contribution in [0.3, 0.4) is 0 Å². The standard InChI is InChI=1S/C10H16N4O/c1-13(2)6-5-9-12-8(7-11)10(15-9)14(3)4/h5-6H2,1-4H3. The van der Waals surface area contributed by atoms with E-state index >= 15 is 0 Å². The number of rotatable bonds is 4. The molecule has 0 radical (unpaired) electrons. The molecule has 1 aromatic rings. The second-order valence-corrected chi connectivity index (χ2v) is 3.82. The van der Waals surface area contributed by atoms with Crippen molar-refractivity contribution in [2.24, 2.45) is 0 Å². The van der Waals surface area contributed by atoms with Crippen LogP contribution in [0.25, 0.3) is 0 Å². The number of anilines is 1. The van der Waals surface area contributed by atoms with Crippen LogP contribution < -0.4 is 4.90 Å². The Morgan fingerprint density at radius 3 is 2.40 bits per heavy atom. The van der Waals surface area contributed by atoms with Gasteiger partial charge in [0.25, 0.3) is 0 Å². The molecule has 82 valence electrons. The summed E-state index contributed by atoms with van der Waals surface area (Å²) in [5.74, 6) is 1.15. The maximum atomic E-state index is 8.85. The van der Waals surface area contributed by atoms with Crippen LogP contribution in [0.15, 0.2) is 4.42 Å². The van der Waals surface area contributed by atoms with Crippen LogP contribution in [0, 0.1) is 11.3 Å². The predicted molar refractivity (Wildman–Crippen MR) is 57.8 cm³/mol. The first kappa shape index (κ1) is 11.5. The van der Waals surface area contributed by atoms with Crippen LogP contribution >= 0.6 is 0 Å². The summed E-state index contributed by atoms with van der Waals surface area (Å²) in [7, 11) is 7.64. The summed E-state index contributed by atoms with van der Waals surface area (Å²) in [5.41, 5.74) is 0.355. The number of nitriles is 1. The van der Waals surface area contributed by atoms with E-state index < -0.39 is 0 Å². The smallest absolute Gasteiger partial charge is 0.234 e. The minimum absolute atomic E-state index is 0.355. The van der Waals surface area contributed by atoms with Gasteiger partial charge in [-0.05, 0) is 14.1 Å². The minimum Gasteiger partial charge on any atom is -0.424 e. The van der Waals surface area contributed by atoms with E-state index in [-0.39, 0.29) is 0 Å². The molecular formula is C10H16N4O. The first-order valence-electron chi connectivity index (χ1n) is 4.76. The summed E-state index contributed by atoms with van der Waals surface area (Å²) in [4.78, 5) is 7.93. The minimum atomic E-state index is 0.355. The van der Waals surface area contributed by atoms with E-state index in [1.54, 1.807) is 4.90 Å². The number of hydrogen-bond acceptors (Lipinski definition) is 5. The number of likely N-dealkylation sites (N-methyl/N-ethyl adjacent to an activating group) is 1. The molecule has 5 heteroatoms. The lowest BCUT2D eigenvalue weighted by molar-refractivity contribution is 0.385. The van der Waals surface area contributed by atoms with Crippen molar-refractivity contribution in [1.82, 2.24) is 9.88 Å². The molecule has 0 aliphatic rings. The van der Waals surface area contributed by atoms with Crippen LogP contribution in [-0.2, 0) is 6.42 Å². The highest BCUT2D eigenvalue weighted by Crippen LogP contribution is 2.19. The highest BCUT2D eigenvalue weighted by atomic mass is 16.4. The molecule has 0 saturated carbocycles. The lowest BCUT2D eigenvalue weighted by Crippen LogP contribution is -2.15. The van der Waals surface area contributed by atoms with Gasteiger partial charge in [-0.3, -0.25) is 0 Å². The van der Waals surface area contributed by atoms with Crippen molar-refractivity contribution >= 4 is 5.88 Å². The van der Waals surface area contributed by atoms with Crippen molar-refractivity contribution < 1.29 is 4.42 Å². The molecule has 5 nitrogen and oxygen atoms in total. The maximum Gasteiger partial charge on any atom is 0.234 e. The van der Waals surface area contributed by atoms with Gasteiger partial charge in [-0.1, -0.05) is 0 Å². The number of oxazole rings is 1. The largest absolute Gasteiger partial charge is 0.424 e. The van der Waals surface area contributed by atoms with E-state index in [4.69, 9.17) is 9.68 Å². The van der Waals surface area contributed by atoms with E-state index in [9.17, 15) is 0 Å². The Bertz CT molecular complexity index is 362. The third kappa shape index (κ3) is 2.96. The van der Waals surface area contributed by atoms with Crippen molar-refractivity contribution in [3.8, 4) is 6.07 Å².